The number of nitrogens with zero attached hydrogens (tertiary/aromatic N) is 3. The molecule has 8 heteroatoms. The van der Waals surface area contributed by atoms with Crippen LogP contribution in [-0.4, -0.2) is 40.9 Å². The zero-order valence-electron chi connectivity index (χ0n) is 14.7. The van der Waals surface area contributed by atoms with E-state index in [1.807, 2.05) is 0 Å². The van der Waals surface area contributed by atoms with E-state index in [9.17, 15) is 4.79 Å². The van der Waals surface area contributed by atoms with Crippen molar-refractivity contribution in [2.45, 2.75) is 25.4 Å². The number of hydrogen-bond acceptors (Lipinski definition) is 7. The molecule has 1 unspecified atom stereocenters. The predicted molar refractivity (Wildman–Crippen MR) is 97.6 cm³/mol. The normalized spacial score (nSPS) is 19.9. The van der Waals surface area contributed by atoms with Gasteiger partial charge in [0.05, 0.1) is 23.8 Å². The smallest absolute Gasteiger partial charge is 0.268 e. The highest BCUT2D eigenvalue weighted by atomic mass is 16.6. The third-order valence-corrected chi connectivity index (χ3v) is 4.54. The molecule has 0 saturated carbocycles. The van der Waals surface area contributed by atoms with Crippen molar-refractivity contribution in [2.24, 2.45) is 11.1 Å². The largest absolute Gasteiger partial charge is 0.437 e. The molecular formula is C19H20N4O4. The average molecular weight is 368 g/mol. The molecule has 2 aromatic rings. The molecule has 27 heavy (non-hydrogen) atoms. The Morgan fingerprint density at radius 3 is 2.81 bits per heavy atom. The first-order chi connectivity index (χ1) is 13.3. The number of rotatable bonds is 5. The van der Waals surface area contributed by atoms with Crippen LogP contribution in [0.1, 0.15) is 19.3 Å². The Labute approximate surface area is 156 Å². The van der Waals surface area contributed by atoms with Gasteiger partial charge in [0.25, 0.3) is 5.91 Å². The number of oxime groups is 1. The minimum absolute atomic E-state index is 0.233. The van der Waals surface area contributed by atoms with Crippen molar-refractivity contribution in [2.75, 3.05) is 18.5 Å². The maximum Gasteiger partial charge on any atom is 0.268 e. The summed E-state index contributed by atoms with van der Waals surface area (Å²) in [5, 5.41) is 6.93. The summed E-state index contributed by atoms with van der Waals surface area (Å²) in [6, 6.07) is 6.98. The van der Waals surface area contributed by atoms with Crippen LogP contribution in [0, 0.1) is 5.92 Å². The summed E-state index contributed by atoms with van der Waals surface area (Å²) in [6.45, 7) is 1.47. The minimum atomic E-state index is -0.603. The van der Waals surface area contributed by atoms with Crippen molar-refractivity contribution in [3.05, 3.63) is 42.9 Å². The highest BCUT2D eigenvalue weighted by Crippen LogP contribution is 2.25. The molecule has 0 aliphatic carbocycles. The number of carbonyl (C=O) groups is 1. The van der Waals surface area contributed by atoms with Crippen LogP contribution >= 0.6 is 0 Å². The van der Waals surface area contributed by atoms with Crippen molar-refractivity contribution in [1.82, 2.24) is 9.97 Å². The van der Waals surface area contributed by atoms with Gasteiger partial charge >= 0.3 is 0 Å². The molecule has 8 nitrogen and oxygen atoms in total. The van der Waals surface area contributed by atoms with Gasteiger partial charge in [0.15, 0.2) is 0 Å². The van der Waals surface area contributed by atoms with Crippen LogP contribution in [0.15, 0.2) is 48.0 Å². The summed E-state index contributed by atoms with van der Waals surface area (Å²) >= 11 is 0. The van der Waals surface area contributed by atoms with Gasteiger partial charge in [-0.1, -0.05) is 5.16 Å². The minimum Gasteiger partial charge on any atom is -0.437 e. The van der Waals surface area contributed by atoms with Gasteiger partial charge in [0, 0.05) is 37.8 Å². The fourth-order valence-electron chi connectivity index (χ4n) is 3.07. The van der Waals surface area contributed by atoms with E-state index in [1.54, 1.807) is 42.9 Å². The Morgan fingerprint density at radius 2 is 2.07 bits per heavy atom. The van der Waals surface area contributed by atoms with E-state index in [1.165, 1.54) is 0 Å². The van der Waals surface area contributed by atoms with E-state index in [2.05, 4.69) is 20.4 Å². The van der Waals surface area contributed by atoms with Crippen LogP contribution < -0.4 is 10.1 Å². The van der Waals surface area contributed by atoms with Gasteiger partial charge in [0.1, 0.15) is 5.75 Å². The first kappa shape index (κ1) is 17.4. The van der Waals surface area contributed by atoms with Crippen LogP contribution in [0.5, 0.6) is 11.6 Å². The van der Waals surface area contributed by atoms with Crippen LogP contribution in [0.2, 0.25) is 0 Å². The second-order valence-electron chi connectivity index (χ2n) is 6.43. The Hall–Kier alpha value is -3.00. The quantitative estimate of drug-likeness (QED) is 0.872. The number of pyridine rings is 2. The van der Waals surface area contributed by atoms with Crippen molar-refractivity contribution in [1.29, 1.82) is 0 Å². The number of hydrogen-bond donors (Lipinski definition) is 1. The first-order valence-corrected chi connectivity index (χ1v) is 8.93. The molecule has 2 aliphatic rings. The molecule has 0 aromatic carbocycles. The molecule has 2 aliphatic heterocycles. The number of ether oxygens (including phenoxy) is 2. The molecule has 1 amide bonds. The molecule has 140 valence electrons. The highest BCUT2D eigenvalue weighted by molar-refractivity contribution is 5.99. The lowest BCUT2D eigenvalue weighted by Gasteiger charge is -2.21. The highest BCUT2D eigenvalue weighted by Gasteiger charge is 2.32. The van der Waals surface area contributed by atoms with E-state index in [4.69, 9.17) is 14.3 Å². The van der Waals surface area contributed by atoms with Crippen molar-refractivity contribution < 1.29 is 19.1 Å². The van der Waals surface area contributed by atoms with Crippen molar-refractivity contribution in [3.63, 3.8) is 0 Å². The topological polar surface area (TPSA) is 94.9 Å². The molecule has 1 atom stereocenters. The summed E-state index contributed by atoms with van der Waals surface area (Å²) in [6.07, 6.45) is 6.59. The van der Waals surface area contributed by atoms with Crippen LogP contribution in [0.3, 0.4) is 0 Å². The van der Waals surface area contributed by atoms with Crippen LogP contribution in [0.4, 0.5) is 5.69 Å². The molecule has 0 spiro atoms. The molecule has 4 rings (SSSR count). The number of aromatic nitrogens is 2. The first-order valence-electron chi connectivity index (χ1n) is 8.93. The molecule has 1 saturated heterocycles. The van der Waals surface area contributed by atoms with Gasteiger partial charge in [-0.2, -0.15) is 0 Å². The maximum absolute atomic E-state index is 12.4. The second-order valence-corrected chi connectivity index (χ2v) is 6.43. The lowest BCUT2D eigenvalue weighted by molar-refractivity contribution is -0.125. The van der Waals surface area contributed by atoms with Crippen LogP contribution in [-0.2, 0) is 14.4 Å². The van der Waals surface area contributed by atoms with Gasteiger partial charge in [-0.3, -0.25) is 9.78 Å². The molecule has 2 aromatic heterocycles. The van der Waals surface area contributed by atoms with E-state index in [0.717, 1.165) is 31.8 Å². The summed E-state index contributed by atoms with van der Waals surface area (Å²) in [5.41, 5.74) is 1.53. The third kappa shape index (κ3) is 4.40. The molecule has 1 fully saturated rings. The molecular weight excluding hydrogens is 348 g/mol. The maximum atomic E-state index is 12.4. The van der Waals surface area contributed by atoms with Crippen molar-refractivity contribution >= 4 is 17.3 Å². The molecule has 0 bridgehead atoms. The summed E-state index contributed by atoms with van der Waals surface area (Å²) in [7, 11) is 0. The number of nitrogens with one attached hydrogen (secondary N) is 1. The van der Waals surface area contributed by atoms with Gasteiger partial charge in [-0.15, -0.1) is 0 Å². The Bertz CT molecular complexity index is 804. The van der Waals surface area contributed by atoms with E-state index < -0.39 is 6.10 Å². The second kappa shape index (κ2) is 8.13. The monoisotopic (exact) mass is 368 g/mol. The average Bonchev–Trinajstić information content (AvgIpc) is 3.21. The van der Waals surface area contributed by atoms with Gasteiger partial charge in [-0.25, -0.2) is 4.98 Å². The van der Waals surface area contributed by atoms with Crippen LogP contribution in [0.25, 0.3) is 0 Å². The lowest BCUT2D eigenvalue weighted by atomic mass is 9.91. The fourth-order valence-corrected chi connectivity index (χ4v) is 3.07. The number of carbonyl (C=O) groups excluding carboxylic acids is 1. The SMILES string of the molecule is O=C(Nc1ccc(Oc2cccnc2)nc1)C1CC(C2CCOCC2)=NO1. The predicted octanol–water partition coefficient (Wildman–Crippen LogP) is 2.78. The third-order valence-electron chi connectivity index (χ3n) is 4.54. The zero-order valence-corrected chi connectivity index (χ0v) is 14.7. The van der Waals surface area contributed by atoms with Crippen molar-refractivity contribution in [3.8, 4) is 11.6 Å². The Kier molecular flexibility index (Phi) is 5.24. The fraction of sp³-hybridized carbons (Fsp3) is 0.368. The van der Waals surface area contributed by atoms with E-state index in [-0.39, 0.29) is 5.91 Å². The van der Waals surface area contributed by atoms with Gasteiger partial charge < -0.3 is 19.6 Å². The summed E-state index contributed by atoms with van der Waals surface area (Å²) in [5.74, 6) is 1.13. The molecule has 0 radical (unpaired) electrons. The van der Waals surface area contributed by atoms with E-state index >= 15 is 0 Å². The van der Waals surface area contributed by atoms with Gasteiger partial charge in [-0.05, 0) is 31.0 Å². The molecule has 4 heterocycles. The lowest BCUT2D eigenvalue weighted by Crippen LogP contribution is -2.30. The Balaban J connectivity index is 1.29. The standard InChI is InChI=1S/C19H20N4O4/c24-19(17-10-16(23-27-17)13-5-8-25-9-6-13)22-14-3-4-18(21-11-14)26-15-2-1-7-20-12-15/h1-4,7,11-13,17H,5-6,8-10H2,(H,22,24). The van der Waals surface area contributed by atoms with Gasteiger partial charge in [0.2, 0.25) is 12.0 Å². The number of amides is 1. The summed E-state index contributed by atoms with van der Waals surface area (Å²) < 4.78 is 10.9. The Morgan fingerprint density at radius 1 is 1.19 bits per heavy atom. The van der Waals surface area contributed by atoms with E-state index in [0.29, 0.717) is 29.7 Å². The zero-order chi connectivity index (χ0) is 18.5. The summed E-state index contributed by atoms with van der Waals surface area (Å²) in [4.78, 5) is 25.9. The number of anilines is 1. The molecule has 1 N–H and O–H groups in total.